The molecule has 26 heavy (non-hydrogen) atoms. The minimum atomic E-state index is -0.0163. The van der Waals surface area contributed by atoms with E-state index in [1.807, 2.05) is 41.1 Å². The number of hydrogen-bond donors (Lipinski definition) is 1. The second kappa shape index (κ2) is 7.38. The van der Waals surface area contributed by atoms with Crippen LogP contribution in [0.4, 0.5) is 0 Å². The smallest absolute Gasteiger partial charge is 0.253 e. The van der Waals surface area contributed by atoms with Crippen molar-refractivity contribution in [3.05, 3.63) is 65.6 Å². The average Bonchev–Trinajstić information content (AvgIpc) is 3.10. The standard InChI is InChI=1S/C20H20ClN3O2/c21-15-4-9-19(22-12-15)26-18-7-5-16(6-8-18)23-20(25)14-11-17-3-1-2-10-24(17)13-14/h1-4,9-13,16,18H,5-8H2,(H,23,25). The van der Waals surface area contributed by atoms with Gasteiger partial charge in [0.05, 0.1) is 10.6 Å². The van der Waals surface area contributed by atoms with Crippen molar-refractivity contribution < 1.29 is 9.53 Å². The number of hydrogen-bond acceptors (Lipinski definition) is 3. The lowest BCUT2D eigenvalue weighted by atomic mass is 9.93. The van der Waals surface area contributed by atoms with Crippen molar-refractivity contribution in [1.29, 1.82) is 0 Å². The Hall–Kier alpha value is -2.53. The highest BCUT2D eigenvalue weighted by molar-refractivity contribution is 6.30. The summed E-state index contributed by atoms with van der Waals surface area (Å²) in [7, 11) is 0. The number of carbonyl (C=O) groups is 1. The maximum Gasteiger partial charge on any atom is 0.253 e. The van der Waals surface area contributed by atoms with Gasteiger partial charge in [0, 0.05) is 36.2 Å². The molecule has 1 saturated carbocycles. The maximum atomic E-state index is 12.5. The lowest BCUT2D eigenvalue weighted by molar-refractivity contribution is 0.0890. The number of ether oxygens (including phenoxy) is 1. The molecule has 0 aliphatic heterocycles. The molecule has 1 amide bonds. The Kier molecular flexibility index (Phi) is 4.80. The number of carbonyl (C=O) groups excluding carboxylic acids is 1. The van der Waals surface area contributed by atoms with Crippen molar-refractivity contribution in [1.82, 2.24) is 14.7 Å². The van der Waals surface area contributed by atoms with Gasteiger partial charge >= 0.3 is 0 Å². The van der Waals surface area contributed by atoms with Crippen LogP contribution in [0.15, 0.2) is 55.0 Å². The van der Waals surface area contributed by atoms with E-state index >= 15 is 0 Å². The quantitative estimate of drug-likeness (QED) is 0.753. The summed E-state index contributed by atoms with van der Waals surface area (Å²) in [5, 5.41) is 3.75. The minimum absolute atomic E-state index is 0.0163. The third-order valence-corrected chi connectivity index (χ3v) is 4.99. The second-order valence-electron chi connectivity index (χ2n) is 6.64. The first-order valence-corrected chi connectivity index (χ1v) is 9.21. The molecule has 0 atom stereocenters. The highest BCUT2D eigenvalue weighted by Gasteiger charge is 2.24. The molecular formula is C20H20ClN3O2. The lowest BCUT2D eigenvalue weighted by Gasteiger charge is -2.29. The molecule has 134 valence electrons. The first-order chi connectivity index (χ1) is 12.7. The fourth-order valence-corrected chi connectivity index (χ4v) is 3.49. The number of rotatable bonds is 4. The number of nitrogens with one attached hydrogen (secondary N) is 1. The summed E-state index contributed by atoms with van der Waals surface area (Å²) in [6.45, 7) is 0. The number of amides is 1. The van der Waals surface area contributed by atoms with Crippen LogP contribution in [0.3, 0.4) is 0 Å². The molecule has 5 nitrogen and oxygen atoms in total. The zero-order chi connectivity index (χ0) is 17.9. The molecule has 3 aromatic heterocycles. The Morgan fingerprint density at radius 2 is 2.04 bits per heavy atom. The minimum Gasteiger partial charge on any atom is -0.474 e. The SMILES string of the molecule is O=C(NC1CCC(Oc2ccc(Cl)cn2)CC1)c1cc2ccccn2c1. The number of nitrogens with zero attached hydrogens (tertiary/aromatic N) is 2. The van der Waals surface area contributed by atoms with Gasteiger partial charge in [-0.15, -0.1) is 0 Å². The van der Waals surface area contributed by atoms with Crippen molar-refractivity contribution in [2.75, 3.05) is 0 Å². The lowest BCUT2D eigenvalue weighted by Crippen LogP contribution is -2.39. The van der Waals surface area contributed by atoms with Crippen molar-refractivity contribution >= 4 is 23.0 Å². The van der Waals surface area contributed by atoms with Crippen LogP contribution in [0.25, 0.3) is 5.52 Å². The van der Waals surface area contributed by atoms with Crippen molar-refractivity contribution in [2.45, 2.75) is 37.8 Å². The summed E-state index contributed by atoms with van der Waals surface area (Å²) in [5.74, 6) is 0.583. The van der Waals surface area contributed by atoms with Crippen LogP contribution < -0.4 is 10.1 Å². The number of pyridine rings is 2. The molecule has 0 saturated heterocycles. The van der Waals surface area contributed by atoms with Gasteiger partial charge in [-0.25, -0.2) is 4.98 Å². The van der Waals surface area contributed by atoms with Crippen LogP contribution in [0, 0.1) is 0 Å². The largest absolute Gasteiger partial charge is 0.474 e. The highest BCUT2D eigenvalue weighted by Crippen LogP contribution is 2.24. The van der Waals surface area contributed by atoms with Gasteiger partial charge in [0.1, 0.15) is 6.10 Å². The predicted octanol–water partition coefficient (Wildman–Crippen LogP) is 4.11. The Bertz CT molecular complexity index is 866. The normalized spacial score (nSPS) is 20.0. The molecule has 3 aromatic rings. The summed E-state index contributed by atoms with van der Waals surface area (Å²) in [6, 6.07) is 11.6. The predicted molar refractivity (Wildman–Crippen MR) is 101 cm³/mol. The van der Waals surface area contributed by atoms with Gasteiger partial charge in [-0.1, -0.05) is 17.7 Å². The van der Waals surface area contributed by atoms with Crippen LogP contribution in [-0.2, 0) is 0 Å². The van der Waals surface area contributed by atoms with E-state index in [2.05, 4.69) is 10.3 Å². The molecule has 0 radical (unpaired) electrons. The van der Waals surface area contributed by atoms with E-state index in [1.54, 1.807) is 18.3 Å². The molecule has 1 N–H and O–H groups in total. The number of fused-ring (bicyclic) bond motifs is 1. The van der Waals surface area contributed by atoms with Crippen LogP contribution >= 0.6 is 11.6 Å². The maximum absolute atomic E-state index is 12.5. The van der Waals surface area contributed by atoms with E-state index < -0.39 is 0 Å². The summed E-state index contributed by atoms with van der Waals surface area (Å²) >= 11 is 5.84. The monoisotopic (exact) mass is 369 g/mol. The topological polar surface area (TPSA) is 55.6 Å². The van der Waals surface area contributed by atoms with Crippen molar-refractivity contribution in [2.24, 2.45) is 0 Å². The van der Waals surface area contributed by atoms with Gasteiger partial charge in [-0.2, -0.15) is 0 Å². The molecule has 4 rings (SSSR count). The third-order valence-electron chi connectivity index (χ3n) is 4.76. The van der Waals surface area contributed by atoms with Crippen molar-refractivity contribution in [3.63, 3.8) is 0 Å². The Morgan fingerprint density at radius 3 is 2.77 bits per heavy atom. The van der Waals surface area contributed by atoms with Crippen LogP contribution in [0.5, 0.6) is 5.88 Å². The molecule has 1 fully saturated rings. The van der Waals surface area contributed by atoms with E-state index in [1.165, 1.54) is 0 Å². The zero-order valence-corrected chi connectivity index (χ0v) is 15.0. The van der Waals surface area contributed by atoms with Crippen molar-refractivity contribution in [3.8, 4) is 5.88 Å². The molecule has 0 spiro atoms. The first kappa shape index (κ1) is 16.9. The fraction of sp³-hybridized carbons (Fsp3) is 0.300. The Labute approximate surface area is 157 Å². The molecule has 6 heteroatoms. The number of halogens is 1. The van der Waals surface area contributed by atoms with E-state index in [0.29, 0.717) is 16.5 Å². The molecule has 0 bridgehead atoms. The number of aromatic nitrogens is 2. The van der Waals surface area contributed by atoms with E-state index in [9.17, 15) is 4.79 Å². The molecule has 1 aliphatic rings. The molecule has 0 unspecified atom stereocenters. The van der Waals surface area contributed by atoms with Gasteiger partial charge in [-0.3, -0.25) is 4.79 Å². The highest BCUT2D eigenvalue weighted by atomic mass is 35.5. The summed E-state index contributed by atoms with van der Waals surface area (Å²) < 4.78 is 7.86. The molecular weight excluding hydrogens is 350 g/mol. The summed E-state index contributed by atoms with van der Waals surface area (Å²) in [4.78, 5) is 16.7. The van der Waals surface area contributed by atoms with E-state index in [4.69, 9.17) is 16.3 Å². The summed E-state index contributed by atoms with van der Waals surface area (Å²) in [6.07, 6.45) is 9.12. The van der Waals surface area contributed by atoms with Gasteiger partial charge in [0.2, 0.25) is 5.88 Å². The Morgan fingerprint density at radius 1 is 1.19 bits per heavy atom. The molecule has 1 aliphatic carbocycles. The van der Waals surface area contributed by atoms with Gasteiger partial charge < -0.3 is 14.5 Å². The van der Waals surface area contributed by atoms with Gasteiger partial charge in [0.25, 0.3) is 5.91 Å². The van der Waals surface area contributed by atoms with E-state index in [-0.39, 0.29) is 18.1 Å². The van der Waals surface area contributed by atoms with Crippen LogP contribution in [0.2, 0.25) is 5.02 Å². The molecule has 3 heterocycles. The second-order valence-corrected chi connectivity index (χ2v) is 7.08. The van der Waals surface area contributed by atoms with Crippen LogP contribution in [0.1, 0.15) is 36.0 Å². The third kappa shape index (κ3) is 3.83. The first-order valence-electron chi connectivity index (χ1n) is 8.83. The van der Waals surface area contributed by atoms with Crippen LogP contribution in [-0.4, -0.2) is 27.4 Å². The fourth-order valence-electron chi connectivity index (χ4n) is 3.38. The van der Waals surface area contributed by atoms with Gasteiger partial charge in [0.15, 0.2) is 0 Å². The Balaban J connectivity index is 1.30. The van der Waals surface area contributed by atoms with E-state index in [0.717, 1.165) is 31.2 Å². The molecule has 0 aromatic carbocycles. The van der Waals surface area contributed by atoms with Gasteiger partial charge in [-0.05, 0) is 49.9 Å². The summed E-state index contributed by atoms with van der Waals surface area (Å²) in [5.41, 5.74) is 1.71. The zero-order valence-electron chi connectivity index (χ0n) is 14.3. The average molecular weight is 370 g/mol.